The number of aryl methyl sites for hydroxylation is 1. The van der Waals surface area contributed by atoms with Gasteiger partial charge in [-0.2, -0.15) is 0 Å². The minimum atomic E-state index is -0.214. The molecule has 4 nitrogen and oxygen atoms in total. The van der Waals surface area contributed by atoms with Gasteiger partial charge >= 0.3 is 0 Å². The third kappa shape index (κ3) is 4.79. The van der Waals surface area contributed by atoms with Crippen LogP contribution in [0.2, 0.25) is 0 Å². The Morgan fingerprint density at radius 3 is 2.14 bits per heavy atom. The first kappa shape index (κ1) is 18.7. The quantitative estimate of drug-likeness (QED) is 0.437. The van der Waals surface area contributed by atoms with Gasteiger partial charge in [-0.25, -0.2) is 0 Å². The summed E-state index contributed by atoms with van der Waals surface area (Å²) < 4.78 is 5.38. The highest BCUT2D eigenvalue weighted by Crippen LogP contribution is 2.25. The van der Waals surface area contributed by atoms with Gasteiger partial charge < -0.3 is 9.84 Å². The van der Waals surface area contributed by atoms with Crippen molar-refractivity contribution in [3.8, 4) is 22.5 Å². The predicted molar refractivity (Wildman–Crippen MR) is 114 cm³/mol. The van der Waals surface area contributed by atoms with E-state index in [1.807, 2.05) is 60.7 Å². The van der Waals surface area contributed by atoms with Gasteiger partial charge in [-0.3, -0.25) is 4.79 Å². The smallest absolute Gasteiger partial charge is 0.273 e. The average molecular weight is 382 g/mol. The molecular weight excluding hydrogens is 360 g/mol. The molecule has 4 heteroatoms. The fourth-order valence-electron chi connectivity index (χ4n) is 3.21. The van der Waals surface area contributed by atoms with Crippen LogP contribution in [0, 0.1) is 0 Å². The summed E-state index contributed by atoms with van der Waals surface area (Å²) in [5.41, 5.74) is 4.74. The summed E-state index contributed by atoms with van der Waals surface area (Å²) in [5.74, 6) is 0.369. The van der Waals surface area contributed by atoms with Crippen LogP contribution < -0.4 is 5.32 Å². The van der Waals surface area contributed by atoms with Crippen molar-refractivity contribution in [3.05, 3.63) is 102 Å². The van der Waals surface area contributed by atoms with Crippen LogP contribution in [-0.4, -0.2) is 17.6 Å². The Labute approximate surface area is 170 Å². The maximum absolute atomic E-state index is 12.3. The minimum Gasteiger partial charge on any atom is -0.355 e. The predicted octanol–water partition coefficient (Wildman–Crippen LogP) is 5.37. The first-order chi connectivity index (χ1) is 14.3. The number of nitrogens with zero attached hydrogens (tertiary/aromatic N) is 1. The molecule has 0 spiro atoms. The molecule has 4 rings (SSSR count). The molecule has 0 aliphatic carbocycles. The third-order valence-corrected chi connectivity index (χ3v) is 4.79. The molecule has 0 saturated heterocycles. The van der Waals surface area contributed by atoms with Crippen LogP contribution in [0.25, 0.3) is 22.5 Å². The number of aromatic nitrogens is 1. The molecule has 1 amide bonds. The molecular formula is C25H22N2O2. The Kier molecular flexibility index (Phi) is 5.81. The van der Waals surface area contributed by atoms with E-state index in [1.54, 1.807) is 6.07 Å². The van der Waals surface area contributed by atoms with Crippen molar-refractivity contribution in [2.75, 3.05) is 6.54 Å². The highest BCUT2D eigenvalue weighted by molar-refractivity contribution is 5.93. The summed E-state index contributed by atoms with van der Waals surface area (Å²) >= 11 is 0. The Hall–Kier alpha value is -3.66. The largest absolute Gasteiger partial charge is 0.355 e. The number of benzene rings is 3. The molecule has 1 N–H and O–H groups in total. The van der Waals surface area contributed by atoms with Crippen molar-refractivity contribution >= 4 is 5.91 Å². The summed E-state index contributed by atoms with van der Waals surface area (Å²) in [6.45, 7) is 0.599. The molecule has 3 aromatic carbocycles. The number of hydrogen-bond donors (Lipinski definition) is 1. The summed E-state index contributed by atoms with van der Waals surface area (Å²) in [7, 11) is 0. The minimum absolute atomic E-state index is 0.214. The van der Waals surface area contributed by atoms with Crippen LogP contribution in [0.5, 0.6) is 0 Å². The summed E-state index contributed by atoms with van der Waals surface area (Å²) in [5, 5.41) is 6.83. The second-order valence-electron chi connectivity index (χ2n) is 6.86. The van der Waals surface area contributed by atoms with E-state index in [4.69, 9.17) is 4.52 Å². The van der Waals surface area contributed by atoms with Gasteiger partial charge in [0, 0.05) is 18.2 Å². The fraction of sp³-hybridized carbons (Fsp3) is 0.120. The summed E-state index contributed by atoms with van der Waals surface area (Å²) in [4.78, 5) is 12.3. The van der Waals surface area contributed by atoms with Crippen molar-refractivity contribution < 1.29 is 9.32 Å². The van der Waals surface area contributed by atoms with Gasteiger partial charge in [0.25, 0.3) is 5.91 Å². The van der Waals surface area contributed by atoms with Crippen LogP contribution in [-0.2, 0) is 6.42 Å². The molecule has 0 bridgehead atoms. The standard InChI is InChI=1S/C25H22N2O2/c28-25(26-17-7-10-19-8-3-1-4-9-19)23-18-24(29-27-23)22-15-13-21(14-16-22)20-11-5-2-6-12-20/h1-6,8-9,11-16,18H,7,10,17H2,(H,26,28). The van der Waals surface area contributed by atoms with Gasteiger partial charge in [0.15, 0.2) is 11.5 Å². The van der Waals surface area contributed by atoms with Crippen molar-refractivity contribution in [1.82, 2.24) is 10.5 Å². The fourth-order valence-corrected chi connectivity index (χ4v) is 3.21. The van der Waals surface area contributed by atoms with Crippen molar-refractivity contribution in [2.45, 2.75) is 12.8 Å². The number of nitrogens with one attached hydrogen (secondary N) is 1. The number of carbonyl (C=O) groups excluding carboxylic acids is 1. The summed E-state index contributed by atoms with van der Waals surface area (Å²) in [6, 6.07) is 30.1. The lowest BCUT2D eigenvalue weighted by Crippen LogP contribution is -2.25. The topological polar surface area (TPSA) is 55.1 Å². The van der Waals surface area contributed by atoms with Crippen LogP contribution in [0.1, 0.15) is 22.5 Å². The maximum Gasteiger partial charge on any atom is 0.273 e. The van der Waals surface area contributed by atoms with E-state index in [-0.39, 0.29) is 5.91 Å². The zero-order valence-corrected chi connectivity index (χ0v) is 16.0. The zero-order chi connectivity index (χ0) is 19.9. The van der Waals surface area contributed by atoms with E-state index in [0.29, 0.717) is 18.0 Å². The highest BCUT2D eigenvalue weighted by atomic mass is 16.5. The molecule has 0 aliphatic rings. The van der Waals surface area contributed by atoms with Crippen LogP contribution in [0.4, 0.5) is 0 Å². The molecule has 0 unspecified atom stereocenters. The molecule has 0 radical (unpaired) electrons. The molecule has 0 aliphatic heterocycles. The molecule has 0 saturated carbocycles. The average Bonchev–Trinajstić information content (AvgIpc) is 3.29. The van der Waals surface area contributed by atoms with Crippen molar-refractivity contribution in [3.63, 3.8) is 0 Å². The van der Waals surface area contributed by atoms with E-state index in [2.05, 4.69) is 34.7 Å². The van der Waals surface area contributed by atoms with Gasteiger partial charge in [0.05, 0.1) is 0 Å². The lowest BCUT2D eigenvalue weighted by atomic mass is 10.0. The van der Waals surface area contributed by atoms with Gasteiger partial charge in [0.2, 0.25) is 0 Å². The van der Waals surface area contributed by atoms with Gasteiger partial charge in [-0.15, -0.1) is 0 Å². The first-order valence-corrected chi connectivity index (χ1v) is 9.74. The molecule has 29 heavy (non-hydrogen) atoms. The molecule has 1 heterocycles. The van der Waals surface area contributed by atoms with Gasteiger partial charge in [-0.1, -0.05) is 90.1 Å². The Bertz CT molecular complexity index is 1050. The molecule has 4 aromatic rings. The lowest BCUT2D eigenvalue weighted by Gasteiger charge is -2.03. The first-order valence-electron chi connectivity index (χ1n) is 9.74. The maximum atomic E-state index is 12.3. The summed E-state index contributed by atoms with van der Waals surface area (Å²) in [6.07, 6.45) is 1.81. The second-order valence-corrected chi connectivity index (χ2v) is 6.86. The normalized spacial score (nSPS) is 10.6. The van der Waals surface area contributed by atoms with Crippen molar-refractivity contribution in [1.29, 1.82) is 0 Å². The van der Waals surface area contributed by atoms with E-state index in [9.17, 15) is 4.79 Å². The molecule has 1 aromatic heterocycles. The van der Waals surface area contributed by atoms with Gasteiger partial charge in [0.1, 0.15) is 0 Å². The van der Waals surface area contributed by atoms with Crippen LogP contribution >= 0.6 is 0 Å². The Morgan fingerprint density at radius 2 is 1.41 bits per heavy atom. The molecule has 0 fully saturated rings. The van der Waals surface area contributed by atoms with Crippen molar-refractivity contribution in [2.24, 2.45) is 0 Å². The Balaban J connectivity index is 1.33. The molecule has 144 valence electrons. The number of amides is 1. The SMILES string of the molecule is O=C(NCCCc1ccccc1)c1cc(-c2ccc(-c3ccccc3)cc2)on1. The number of rotatable bonds is 7. The van der Waals surface area contributed by atoms with Gasteiger partial charge in [-0.05, 0) is 29.5 Å². The number of carbonyl (C=O) groups is 1. The van der Waals surface area contributed by atoms with Crippen LogP contribution in [0.15, 0.2) is 95.5 Å². The van der Waals surface area contributed by atoms with Crippen LogP contribution in [0.3, 0.4) is 0 Å². The zero-order valence-electron chi connectivity index (χ0n) is 16.0. The van der Waals surface area contributed by atoms with E-state index < -0.39 is 0 Å². The number of hydrogen-bond acceptors (Lipinski definition) is 3. The monoisotopic (exact) mass is 382 g/mol. The third-order valence-electron chi connectivity index (χ3n) is 4.79. The van der Waals surface area contributed by atoms with E-state index in [0.717, 1.165) is 29.5 Å². The Morgan fingerprint density at radius 1 is 0.793 bits per heavy atom. The van der Waals surface area contributed by atoms with E-state index >= 15 is 0 Å². The second kappa shape index (κ2) is 9.02. The molecule has 0 atom stereocenters. The van der Waals surface area contributed by atoms with E-state index in [1.165, 1.54) is 5.56 Å². The highest BCUT2D eigenvalue weighted by Gasteiger charge is 2.13. The lowest BCUT2D eigenvalue weighted by molar-refractivity contribution is 0.0944.